The molecule has 6 rings (SSSR count). The van der Waals surface area contributed by atoms with Crippen LogP contribution in [0, 0.1) is 0 Å². The Morgan fingerprint density at radius 2 is 1.06 bits per heavy atom. The van der Waals surface area contributed by atoms with Gasteiger partial charge in [0.2, 0.25) is 0 Å². The van der Waals surface area contributed by atoms with Gasteiger partial charge >= 0.3 is 0 Å². The molecule has 0 aromatic heterocycles. The summed E-state index contributed by atoms with van der Waals surface area (Å²) in [6.45, 7) is 1.98. The minimum Gasteiger partial charge on any atom is -0.374 e. The van der Waals surface area contributed by atoms with Gasteiger partial charge in [0.15, 0.2) is 6.29 Å². The van der Waals surface area contributed by atoms with E-state index in [2.05, 4.69) is 36.4 Å². The Balaban J connectivity index is 1.21. The van der Waals surface area contributed by atoms with Gasteiger partial charge in [-0.1, -0.05) is 91.0 Å². The van der Waals surface area contributed by atoms with Crippen molar-refractivity contribution >= 4 is 0 Å². The topological polar surface area (TPSA) is 46.2 Å². The molecule has 5 heteroatoms. The number of ether oxygens (including phenoxy) is 5. The minimum absolute atomic E-state index is 0.152. The van der Waals surface area contributed by atoms with Gasteiger partial charge in [0.1, 0.15) is 24.4 Å². The maximum atomic E-state index is 6.31. The molecule has 5 atom stereocenters. The van der Waals surface area contributed by atoms with E-state index in [0.717, 1.165) is 16.7 Å². The number of rotatable bonds is 10. The van der Waals surface area contributed by atoms with E-state index in [9.17, 15) is 0 Å². The van der Waals surface area contributed by atoms with Gasteiger partial charge < -0.3 is 23.7 Å². The maximum Gasteiger partial charge on any atom is 0.187 e. The summed E-state index contributed by atoms with van der Waals surface area (Å²) in [5.41, 5.74) is 3.37. The molecule has 0 N–H and O–H groups in total. The quantitative estimate of drug-likeness (QED) is 0.472. The van der Waals surface area contributed by atoms with Crippen LogP contribution in [0.5, 0.6) is 0 Å². The van der Waals surface area contributed by atoms with Crippen molar-refractivity contribution in [3.8, 4) is 0 Å². The van der Waals surface area contributed by atoms with Gasteiger partial charge in [0, 0.05) is 0 Å². The van der Waals surface area contributed by atoms with Crippen molar-refractivity contribution < 1.29 is 23.7 Å². The van der Waals surface area contributed by atoms with Crippen LogP contribution in [-0.2, 0) is 43.5 Å². The molecule has 3 heterocycles. The number of hydrogen-bond acceptors (Lipinski definition) is 5. The van der Waals surface area contributed by atoms with Gasteiger partial charge in [-0.2, -0.15) is 0 Å². The summed E-state index contributed by atoms with van der Waals surface area (Å²) < 4.78 is 30.6. The van der Waals surface area contributed by atoms with Gasteiger partial charge in [-0.25, -0.2) is 0 Å². The second-order valence-electron chi connectivity index (χ2n) is 8.17. The SMILES string of the molecule is c1ccc(COC[C@H]2O[C@H]3O[C@H]([C@H]3OCc3ccccc3)[C@@H]2OCc2ccccc2)cc1. The zero-order chi connectivity index (χ0) is 21.6. The highest BCUT2D eigenvalue weighted by Crippen LogP contribution is 2.39. The fourth-order valence-electron chi connectivity index (χ4n) is 4.12. The lowest BCUT2D eigenvalue weighted by Gasteiger charge is -2.54. The van der Waals surface area contributed by atoms with Crippen molar-refractivity contribution in [2.24, 2.45) is 0 Å². The fourth-order valence-corrected chi connectivity index (χ4v) is 4.12. The van der Waals surface area contributed by atoms with Gasteiger partial charge in [-0.15, -0.1) is 0 Å². The molecule has 3 saturated heterocycles. The van der Waals surface area contributed by atoms with Gasteiger partial charge in [-0.3, -0.25) is 0 Å². The fraction of sp³-hybridized carbons (Fsp3) is 0.333. The van der Waals surface area contributed by atoms with Crippen molar-refractivity contribution in [1.29, 1.82) is 0 Å². The monoisotopic (exact) mass is 432 g/mol. The first-order valence-electron chi connectivity index (χ1n) is 11.1. The van der Waals surface area contributed by atoms with E-state index in [4.69, 9.17) is 23.7 Å². The second kappa shape index (κ2) is 10.4. The highest BCUT2D eigenvalue weighted by Gasteiger charge is 2.57. The first-order chi connectivity index (χ1) is 15.9. The predicted octanol–water partition coefficient (Wildman–Crippen LogP) is 4.50. The van der Waals surface area contributed by atoms with Crippen molar-refractivity contribution in [3.63, 3.8) is 0 Å². The summed E-state index contributed by atoms with van der Waals surface area (Å²) in [7, 11) is 0. The van der Waals surface area contributed by atoms with Gasteiger partial charge in [-0.05, 0) is 16.7 Å². The molecule has 2 bridgehead atoms. The zero-order valence-electron chi connectivity index (χ0n) is 17.9. The predicted molar refractivity (Wildman–Crippen MR) is 120 cm³/mol. The third kappa shape index (κ3) is 5.09. The molecule has 3 fully saturated rings. The molecule has 32 heavy (non-hydrogen) atoms. The highest BCUT2D eigenvalue weighted by atomic mass is 16.8. The minimum atomic E-state index is -0.384. The maximum absolute atomic E-state index is 6.31. The van der Waals surface area contributed by atoms with Crippen molar-refractivity contribution in [2.45, 2.75) is 50.5 Å². The molecule has 3 aliphatic heterocycles. The normalized spacial score (nSPS) is 26.4. The van der Waals surface area contributed by atoms with Crippen LogP contribution in [-0.4, -0.2) is 37.3 Å². The molecule has 5 nitrogen and oxygen atoms in total. The molecule has 0 unspecified atom stereocenters. The molecular weight excluding hydrogens is 404 g/mol. The summed E-state index contributed by atoms with van der Waals surface area (Å²) in [4.78, 5) is 0. The van der Waals surface area contributed by atoms with E-state index in [0.29, 0.717) is 26.4 Å². The first kappa shape index (κ1) is 21.3. The molecule has 3 aromatic rings. The van der Waals surface area contributed by atoms with Crippen LogP contribution >= 0.6 is 0 Å². The van der Waals surface area contributed by atoms with E-state index in [1.165, 1.54) is 0 Å². The molecule has 0 spiro atoms. The molecule has 0 saturated carbocycles. The van der Waals surface area contributed by atoms with Crippen molar-refractivity contribution in [1.82, 2.24) is 0 Å². The summed E-state index contributed by atoms with van der Waals surface area (Å²) in [6.07, 6.45) is -1.18. The third-order valence-corrected chi connectivity index (χ3v) is 5.85. The number of fused-ring (bicyclic) bond motifs is 2. The van der Waals surface area contributed by atoms with Gasteiger partial charge in [0.25, 0.3) is 0 Å². The Labute approximate surface area is 188 Å². The van der Waals surface area contributed by atoms with E-state index >= 15 is 0 Å². The molecule has 0 radical (unpaired) electrons. The summed E-state index contributed by atoms with van der Waals surface area (Å²) in [5.74, 6) is 0. The molecule has 0 aliphatic carbocycles. The average molecular weight is 433 g/mol. The summed E-state index contributed by atoms with van der Waals surface area (Å²) in [5, 5.41) is 0. The van der Waals surface area contributed by atoms with E-state index in [1.54, 1.807) is 0 Å². The average Bonchev–Trinajstić information content (AvgIpc) is 2.85. The van der Waals surface area contributed by atoms with Crippen LogP contribution in [0.2, 0.25) is 0 Å². The number of benzene rings is 3. The Kier molecular flexibility index (Phi) is 6.92. The van der Waals surface area contributed by atoms with Crippen molar-refractivity contribution in [2.75, 3.05) is 6.61 Å². The van der Waals surface area contributed by atoms with Crippen LogP contribution in [0.3, 0.4) is 0 Å². The Hall–Kier alpha value is -2.54. The van der Waals surface area contributed by atoms with E-state index in [-0.39, 0.29) is 30.7 Å². The largest absolute Gasteiger partial charge is 0.374 e. The number of hydrogen-bond donors (Lipinski definition) is 0. The van der Waals surface area contributed by atoms with Crippen LogP contribution in [0.15, 0.2) is 91.0 Å². The lowest BCUT2D eigenvalue weighted by molar-refractivity contribution is -0.421. The standard InChI is InChI=1S/C27H28O5/c1-4-10-20(11-5-1)16-28-19-23-24(29-17-21-12-6-2-7-13-21)25-26(27(31-23)32-25)30-18-22-14-8-3-9-15-22/h1-15,23-27H,16-19H2/t23-,24-,25+,26-,27+/m1/s1. The summed E-state index contributed by atoms with van der Waals surface area (Å²) in [6, 6.07) is 30.4. The zero-order valence-corrected chi connectivity index (χ0v) is 17.9. The molecule has 3 aromatic carbocycles. The van der Waals surface area contributed by atoms with Crippen LogP contribution < -0.4 is 0 Å². The molecule has 0 amide bonds. The van der Waals surface area contributed by atoms with Crippen LogP contribution in [0.25, 0.3) is 0 Å². The Bertz CT molecular complexity index is 948. The molecule has 166 valence electrons. The lowest BCUT2D eigenvalue weighted by atomic mass is 9.93. The third-order valence-electron chi connectivity index (χ3n) is 5.85. The second-order valence-corrected chi connectivity index (χ2v) is 8.17. The first-order valence-corrected chi connectivity index (χ1v) is 11.1. The smallest absolute Gasteiger partial charge is 0.187 e. The molecular formula is C27H28O5. The van der Waals surface area contributed by atoms with Crippen LogP contribution in [0.1, 0.15) is 16.7 Å². The van der Waals surface area contributed by atoms with Gasteiger partial charge in [0.05, 0.1) is 26.4 Å². The lowest BCUT2D eigenvalue weighted by Crippen LogP contribution is -2.71. The van der Waals surface area contributed by atoms with E-state index in [1.807, 2.05) is 54.6 Å². The van der Waals surface area contributed by atoms with Crippen molar-refractivity contribution in [3.05, 3.63) is 108 Å². The van der Waals surface area contributed by atoms with Crippen LogP contribution in [0.4, 0.5) is 0 Å². The molecule has 3 aliphatic rings. The van der Waals surface area contributed by atoms with E-state index < -0.39 is 0 Å². The Morgan fingerprint density at radius 1 is 0.562 bits per heavy atom. The Morgan fingerprint density at radius 3 is 1.62 bits per heavy atom. The summed E-state index contributed by atoms with van der Waals surface area (Å²) >= 11 is 0. The highest BCUT2D eigenvalue weighted by molar-refractivity contribution is 5.15.